The van der Waals surface area contributed by atoms with E-state index in [1.54, 1.807) is 41.3 Å². The van der Waals surface area contributed by atoms with Gasteiger partial charge in [0.05, 0.1) is 12.0 Å². The molecule has 0 radical (unpaired) electrons. The second kappa shape index (κ2) is 11.6. The zero-order valence-corrected chi connectivity index (χ0v) is 23.4. The molecule has 7 nitrogen and oxygen atoms in total. The van der Waals surface area contributed by atoms with Gasteiger partial charge >= 0.3 is 0 Å². The molecule has 0 bridgehead atoms. The fraction of sp³-hybridized carbons (Fsp3) is 0.207. The molecular weight excluding hydrogens is 587 g/mol. The van der Waals surface area contributed by atoms with Crippen LogP contribution in [0.5, 0.6) is 11.5 Å². The minimum absolute atomic E-state index is 0.00431. The molecule has 0 N–H and O–H groups in total. The molecule has 3 aromatic carbocycles. The van der Waals surface area contributed by atoms with Crippen molar-refractivity contribution < 1.29 is 28.2 Å². The van der Waals surface area contributed by atoms with Crippen LogP contribution < -0.4 is 9.47 Å². The summed E-state index contributed by atoms with van der Waals surface area (Å²) < 4.78 is 25.8. The first-order chi connectivity index (χ1) is 18.8. The Hall–Kier alpha value is -3.63. The SMILES string of the molecule is COc1cc(/C=C2\SC(=O)N(CC(=O)N3CCc4ccccc4C3)C2=O)c(Br)cc1OCc1ccccc1F. The van der Waals surface area contributed by atoms with Crippen LogP contribution in [0.3, 0.4) is 0 Å². The van der Waals surface area contributed by atoms with Gasteiger partial charge in [-0.1, -0.05) is 58.4 Å². The number of methoxy groups -OCH3 is 1. The summed E-state index contributed by atoms with van der Waals surface area (Å²) in [7, 11) is 1.47. The van der Waals surface area contributed by atoms with Gasteiger partial charge in [-0.2, -0.15) is 0 Å². The molecule has 0 atom stereocenters. The quantitative estimate of drug-likeness (QED) is 0.315. The number of halogens is 2. The first kappa shape index (κ1) is 27.0. The maximum atomic E-state index is 14.0. The van der Waals surface area contributed by atoms with E-state index in [2.05, 4.69) is 15.9 Å². The van der Waals surface area contributed by atoms with Gasteiger partial charge in [0.2, 0.25) is 5.91 Å². The Bertz CT molecular complexity index is 1490. The lowest BCUT2D eigenvalue weighted by Gasteiger charge is -2.29. The van der Waals surface area contributed by atoms with Gasteiger partial charge in [0.25, 0.3) is 11.1 Å². The molecular formula is C29H24BrFN2O5S. The topological polar surface area (TPSA) is 76.2 Å². The molecule has 0 saturated carbocycles. The van der Waals surface area contributed by atoms with Gasteiger partial charge in [-0.05, 0) is 59.1 Å². The third kappa shape index (κ3) is 5.86. The van der Waals surface area contributed by atoms with E-state index >= 15 is 0 Å². The fourth-order valence-electron chi connectivity index (χ4n) is 4.43. The number of hydrogen-bond acceptors (Lipinski definition) is 6. The molecule has 3 amide bonds. The average Bonchev–Trinajstić information content (AvgIpc) is 3.20. The van der Waals surface area contributed by atoms with E-state index in [0.29, 0.717) is 40.2 Å². The average molecular weight is 611 g/mol. The minimum Gasteiger partial charge on any atom is -0.493 e. The molecule has 5 rings (SSSR count). The van der Waals surface area contributed by atoms with Crippen LogP contribution in [-0.4, -0.2) is 47.1 Å². The van der Waals surface area contributed by atoms with Crippen molar-refractivity contribution in [1.29, 1.82) is 0 Å². The molecule has 0 aromatic heterocycles. The molecule has 0 aliphatic carbocycles. The standard InChI is InChI=1S/C29H24BrFN2O5S/c1-37-24-12-21(22(30)14-25(24)38-17-20-8-4-5-9-23(20)31)13-26-28(35)33(29(36)39-26)16-27(34)32-11-10-18-6-2-3-7-19(18)15-32/h2-9,12-14H,10-11,15-17H2,1H3/b26-13-. The summed E-state index contributed by atoms with van der Waals surface area (Å²) >= 11 is 4.26. The second-order valence-electron chi connectivity index (χ2n) is 9.01. The predicted molar refractivity (Wildman–Crippen MR) is 150 cm³/mol. The Morgan fingerprint density at radius 2 is 1.82 bits per heavy atom. The number of ether oxygens (including phenoxy) is 2. The number of rotatable bonds is 7. The molecule has 2 aliphatic rings. The Morgan fingerprint density at radius 3 is 2.59 bits per heavy atom. The fourth-order valence-corrected chi connectivity index (χ4v) is 5.69. The zero-order valence-electron chi connectivity index (χ0n) is 21.0. The lowest BCUT2D eigenvalue weighted by Crippen LogP contribution is -2.44. The number of amides is 3. The van der Waals surface area contributed by atoms with Crippen molar-refractivity contribution >= 4 is 50.8 Å². The molecule has 2 aliphatic heterocycles. The van der Waals surface area contributed by atoms with Crippen molar-refractivity contribution in [2.24, 2.45) is 0 Å². The Balaban J connectivity index is 1.29. The van der Waals surface area contributed by atoms with Crippen molar-refractivity contribution in [1.82, 2.24) is 9.80 Å². The van der Waals surface area contributed by atoms with Gasteiger partial charge in [0.1, 0.15) is 19.0 Å². The third-order valence-electron chi connectivity index (χ3n) is 6.56. The molecule has 10 heteroatoms. The van der Waals surface area contributed by atoms with Crippen LogP contribution in [0.1, 0.15) is 22.3 Å². The van der Waals surface area contributed by atoms with Crippen LogP contribution in [0.15, 0.2) is 70.0 Å². The van der Waals surface area contributed by atoms with Crippen LogP contribution in [0.2, 0.25) is 0 Å². The van der Waals surface area contributed by atoms with Gasteiger partial charge in [-0.3, -0.25) is 19.3 Å². The van der Waals surface area contributed by atoms with Gasteiger partial charge in [-0.25, -0.2) is 4.39 Å². The van der Waals surface area contributed by atoms with Crippen molar-refractivity contribution in [3.63, 3.8) is 0 Å². The Kier molecular flexibility index (Phi) is 8.04. The Morgan fingerprint density at radius 1 is 1.08 bits per heavy atom. The van der Waals surface area contributed by atoms with Gasteiger partial charge < -0.3 is 14.4 Å². The molecule has 3 aromatic rings. The molecule has 0 unspecified atom stereocenters. The summed E-state index contributed by atoms with van der Waals surface area (Å²) in [5.74, 6) is -0.410. The van der Waals surface area contributed by atoms with Gasteiger partial charge in [0.15, 0.2) is 11.5 Å². The first-order valence-corrected chi connectivity index (χ1v) is 13.8. The van der Waals surface area contributed by atoms with E-state index in [4.69, 9.17) is 9.47 Å². The van der Waals surface area contributed by atoms with Crippen LogP contribution in [0, 0.1) is 5.82 Å². The number of nitrogens with zero attached hydrogens (tertiary/aromatic N) is 2. The summed E-state index contributed by atoms with van der Waals surface area (Å²) in [6.45, 7) is 0.695. The van der Waals surface area contributed by atoms with Gasteiger partial charge in [-0.15, -0.1) is 0 Å². The first-order valence-electron chi connectivity index (χ1n) is 12.2. The summed E-state index contributed by atoms with van der Waals surface area (Å²) in [6, 6.07) is 17.6. The Labute approximate surface area is 237 Å². The monoisotopic (exact) mass is 610 g/mol. The highest BCUT2D eigenvalue weighted by Crippen LogP contribution is 2.38. The molecule has 2 heterocycles. The summed E-state index contributed by atoms with van der Waals surface area (Å²) in [6.07, 6.45) is 2.30. The van der Waals surface area contributed by atoms with Crippen molar-refractivity contribution in [3.8, 4) is 11.5 Å². The van der Waals surface area contributed by atoms with Crippen LogP contribution in [0.4, 0.5) is 9.18 Å². The largest absolute Gasteiger partial charge is 0.493 e. The number of thioether (sulfide) groups is 1. The maximum Gasteiger partial charge on any atom is 0.294 e. The van der Waals surface area contributed by atoms with E-state index in [1.165, 1.54) is 18.7 Å². The van der Waals surface area contributed by atoms with Crippen LogP contribution in [0.25, 0.3) is 6.08 Å². The highest BCUT2D eigenvalue weighted by atomic mass is 79.9. The number of carbonyl (C=O) groups is 3. The number of carbonyl (C=O) groups excluding carboxylic acids is 3. The lowest BCUT2D eigenvalue weighted by molar-refractivity contribution is -0.136. The number of imide groups is 1. The van der Waals surface area contributed by atoms with E-state index in [9.17, 15) is 18.8 Å². The highest BCUT2D eigenvalue weighted by molar-refractivity contribution is 9.10. The van der Waals surface area contributed by atoms with E-state index < -0.39 is 11.1 Å². The zero-order chi connectivity index (χ0) is 27.5. The second-order valence-corrected chi connectivity index (χ2v) is 10.9. The molecule has 0 spiro atoms. The molecule has 1 saturated heterocycles. The van der Waals surface area contributed by atoms with Gasteiger partial charge in [0, 0.05) is 23.1 Å². The minimum atomic E-state index is -0.526. The predicted octanol–water partition coefficient (Wildman–Crippen LogP) is 5.80. The van der Waals surface area contributed by atoms with Crippen molar-refractivity contribution in [2.45, 2.75) is 19.6 Å². The number of benzene rings is 3. The summed E-state index contributed by atoms with van der Waals surface area (Å²) in [5, 5.41) is -0.495. The van der Waals surface area contributed by atoms with E-state index in [1.807, 2.05) is 24.3 Å². The highest BCUT2D eigenvalue weighted by Gasteiger charge is 2.37. The number of fused-ring (bicyclic) bond motifs is 1. The molecule has 200 valence electrons. The summed E-state index contributed by atoms with van der Waals surface area (Å²) in [4.78, 5) is 41.6. The lowest BCUT2D eigenvalue weighted by atomic mass is 10.00. The van der Waals surface area contributed by atoms with E-state index in [-0.39, 0.29) is 29.8 Å². The van der Waals surface area contributed by atoms with Crippen molar-refractivity contribution in [2.75, 3.05) is 20.2 Å². The third-order valence-corrected chi connectivity index (χ3v) is 8.16. The summed E-state index contributed by atoms with van der Waals surface area (Å²) in [5.41, 5.74) is 3.26. The number of hydrogen-bond donors (Lipinski definition) is 0. The smallest absolute Gasteiger partial charge is 0.294 e. The molecule has 1 fully saturated rings. The van der Waals surface area contributed by atoms with Crippen LogP contribution in [-0.2, 0) is 29.2 Å². The normalized spacial score (nSPS) is 16.0. The van der Waals surface area contributed by atoms with Crippen molar-refractivity contribution in [3.05, 3.63) is 98.1 Å². The maximum absolute atomic E-state index is 14.0. The van der Waals surface area contributed by atoms with E-state index in [0.717, 1.165) is 28.6 Å². The molecule has 39 heavy (non-hydrogen) atoms. The van der Waals surface area contributed by atoms with Crippen LogP contribution >= 0.6 is 27.7 Å².